The van der Waals surface area contributed by atoms with Crippen LogP contribution >= 0.6 is 11.6 Å². The van der Waals surface area contributed by atoms with E-state index in [0.717, 1.165) is 6.07 Å². The van der Waals surface area contributed by atoms with Crippen molar-refractivity contribution < 1.29 is 18.1 Å². The van der Waals surface area contributed by atoms with Crippen LogP contribution in [0.4, 0.5) is 24.5 Å². The summed E-state index contributed by atoms with van der Waals surface area (Å²) in [6.45, 7) is 0. The van der Waals surface area contributed by atoms with Crippen LogP contribution < -0.4 is 5.32 Å². The first kappa shape index (κ1) is 15.9. The Kier molecular flexibility index (Phi) is 4.61. The van der Waals surface area contributed by atoms with Gasteiger partial charge in [-0.1, -0.05) is 24.4 Å². The van der Waals surface area contributed by atoms with Crippen molar-refractivity contribution >= 4 is 23.0 Å². The topological polar surface area (TPSA) is 55.2 Å². The standard InChI is InChI=1S/C13H14ClF3N2O2/c14-8-5-6-11(12(7-8)19(20)21)18-10-4-2-1-3-9(10)13(15,16)17/h5-7,9-10,18H,1-4H2. The summed E-state index contributed by atoms with van der Waals surface area (Å²) in [5, 5.41) is 13.8. The molecule has 1 saturated carbocycles. The van der Waals surface area contributed by atoms with Gasteiger partial charge in [-0.25, -0.2) is 0 Å². The van der Waals surface area contributed by atoms with Crippen LogP contribution in [0.2, 0.25) is 5.02 Å². The van der Waals surface area contributed by atoms with Gasteiger partial charge in [0.2, 0.25) is 0 Å². The predicted octanol–water partition coefficient (Wildman–Crippen LogP) is 4.78. The highest BCUT2D eigenvalue weighted by Gasteiger charge is 2.45. The number of nitrogens with one attached hydrogen (secondary N) is 1. The third kappa shape index (κ3) is 3.78. The Bertz CT molecular complexity index is 537. The number of alkyl halides is 3. The average Bonchev–Trinajstić information content (AvgIpc) is 2.40. The Balaban J connectivity index is 2.25. The summed E-state index contributed by atoms with van der Waals surface area (Å²) >= 11 is 5.69. The minimum Gasteiger partial charge on any atom is -0.376 e. The van der Waals surface area contributed by atoms with Gasteiger partial charge < -0.3 is 5.32 Å². The van der Waals surface area contributed by atoms with Crippen LogP contribution in [0.5, 0.6) is 0 Å². The Hall–Kier alpha value is -1.50. The summed E-state index contributed by atoms with van der Waals surface area (Å²) in [6, 6.07) is 3.05. The summed E-state index contributed by atoms with van der Waals surface area (Å²) in [6.07, 6.45) is -2.73. The van der Waals surface area contributed by atoms with E-state index in [4.69, 9.17) is 11.6 Å². The number of benzene rings is 1. The zero-order chi connectivity index (χ0) is 15.6. The molecule has 2 atom stereocenters. The molecule has 0 aliphatic heterocycles. The molecule has 1 aromatic carbocycles. The summed E-state index contributed by atoms with van der Waals surface area (Å²) in [4.78, 5) is 10.3. The molecule has 0 radical (unpaired) electrons. The van der Waals surface area contributed by atoms with Gasteiger partial charge in [0.15, 0.2) is 0 Å². The fourth-order valence-electron chi connectivity index (χ4n) is 2.67. The van der Waals surface area contributed by atoms with Crippen molar-refractivity contribution in [2.75, 3.05) is 5.32 Å². The quantitative estimate of drug-likeness (QED) is 0.643. The molecule has 1 aromatic rings. The highest BCUT2D eigenvalue weighted by molar-refractivity contribution is 6.30. The highest BCUT2D eigenvalue weighted by atomic mass is 35.5. The monoisotopic (exact) mass is 322 g/mol. The van der Waals surface area contributed by atoms with Crippen molar-refractivity contribution in [3.8, 4) is 0 Å². The molecule has 0 heterocycles. The van der Waals surface area contributed by atoms with Gasteiger partial charge in [-0.3, -0.25) is 10.1 Å². The molecule has 0 saturated heterocycles. The molecule has 4 nitrogen and oxygen atoms in total. The van der Waals surface area contributed by atoms with Crippen LogP contribution in [0.15, 0.2) is 18.2 Å². The van der Waals surface area contributed by atoms with Crippen molar-refractivity contribution in [1.29, 1.82) is 0 Å². The third-order valence-corrected chi connectivity index (χ3v) is 3.92. The van der Waals surface area contributed by atoms with E-state index in [0.29, 0.717) is 19.3 Å². The van der Waals surface area contributed by atoms with Crippen LogP contribution in [-0.2, 0) is 0 Å². The lowest BCUT2D eigenvalue weighted by molar-refractivity contribution is -0.384. The highest BCUT2D eigenvalue weighted by Crippen LogP contribution is 2.40. The van der Waals surface area contributed by atoms with E-state index in [1.165, 1.54) is 12.1 Å². The first-order valence-corrected chi connectivity index (χ1v) is 6.94. The zero-order valence-electron chi connectivity index (χ0n) is 11.0. The van der Waals surface area contributed by atoms with Crippen LogP contribution in [-0.4, -0.2) is 17.1 Å². The molecular formula is C13H14ClF3N2O2. The van der Waals surface area contributed by atoms with Gasteiger partial charge in [-0.05, 0) is 25.0 Å². The second-order valence-corrected chi connectivity index (χ2v) is 5.54. The molecule has 2 rings (SSSR count). The molecular weight excluding hydrogens is 309 g/mol. The maximum Gasteiger partial charge on any atom is 0.393 e. The van der Waals surface area contributed by atoms with E-state index in [9.17, 15) is 23.3 Å². The molecule has 1 aliphatic carbocycles. The van der Waals surface area contributed by atoms with Gasteiger partial charge in [0, 0.05) is 17.1 Å². The van der Waals surface area contributed by atoms with E-state index in [1.54, 1.807) is 0 Å². The zero-order valence-corrected chi connectivity index (χ0v) is 11.7. The molecule has 2 unspecified atom stereocenters. The first-order chi connectivity index (χ1) is 9.79. The molecule has 116 valence electrons. The van der Waals surface area contributed by atoms with Crippen molar-refractivity contribution in [2.24, 2.45) is 5.92 Å². The van der Waals surface area contributed by atoms with Gasteiger partial charge in [-0.2, -0.15) is 13.2 Å². The van der Waals surface area contributed by atoms with Gasteiger partial charge in [0.25, 0.3) is 5.69 Å². The predicted molar refractivity (Wildman–Crippen MR) is 73.5 cm³/mol. The lowest BCUT2D eigenvalue weighted by Crippen LogP contribution is -2.41. The lowest BCUT2D eigenvalue weighted by atomic mass is 9.84. The fraction of sp³-hybridized carbons (Fsp3) is 0.538. The molecule has 0 bridgehead atoms. The molecule has 21 heavy (non-hydrogen) atoms. The van der Waals surface area contributed by atoms with Crippen LogP contribution in [0.1, 0.15) is 25.7 Å². The maximum absolute atomic E-state index is 13.0. The number of rotatable bonds is 3. The molecule has 0 amide bonds. The van der Waals surface area contributed by atoms with Crippen LogP contribution in [0.25, 0.3) is 0 Å². The minimum atomic E-state index is -4.31. The van der Waals surface area contributed by atoms with Gasteiger partial charge in [0.1, 0.15) is 5.69 Å². The fourth-order valence-corrected chi connectivity index (χ4v) is 2.84. The second kappa shape index (κ2) is 6.09. The number of nitro benzene ring substituents is 1. The number of anilines is 1. The molecule has 1 fully saturated rings. The SMILES string of the molecule is O=[N+]([O-])c1cc(Cl)ccc1NC1CCCCC1C(F)(F)F. The van der Waals surface area contributed by atoms with Crippen molar-refractivity contribution in [2.45, 2.75) is 37.9 Å². The Morgan fingerprint density at radius 2 is 1.95 bits per heavy atom. The molecule has 1 aliphatic rings. The first-order valence-electron chi connectivity index (χ1n) is 6.56. The molecule has 0 aromatic heterocycles. The van der Waals surface area contributed by atoms with Crippen LogP contribution in [0.3, 0.4) is 0 Å². The van der Waals surface area contributed by atoms with E-state index in [-0.39, 0.29) is 22.8 Å². The molecule has 1 N–H and O–H groups in total. The van der Waals surface area contributed by atoms with Crippen molar-refractivity contribution in [3.05, 3.63) is 33.3 Å². The number of hydrogen-bond donors (Lipinski definition) is 1. The minimum absolute atomic E-state index is 0.0442. The maximum atomic E-state index is 13.0. The number of nitro groups is 1. The summed E-state index contributed by atoms with van der Waals surface area (Å²) in [5.41, 5.74) is -0.237. The van der Waals surface area contributed by atoms with E-state index in [2.05, 4.69) is 5.32 Å². The lowest BCUT2D eigenvalue weighted by Gasteiger charge is -2.34. The third-order valence-electron chi connectivity index (χ3n) is 3.68. The molecule has 0 spiro atoms. The summed E-state index contributed by atoms with van der Waals surface area (Å²) in [7, 11) is 0. The van der Waals surface area contributed by atoms with Gasteiger partial charge in [0.05, 0.1) is 10.8 Å². The summed E-state index contributed by atoms with van der Waals surface area (Å²) < 4.78 is 39.1. The average molecular weight is 323 g/mol. The summed E-state index contributed by atoms with van der Waals surface area (Å²) in [5.74, 6) is -1.48. The Morgan fingerprint density at radius 3 is 2.57 bits per heavy atom. The molecule has 8 heteroatoms. The van der Waals surface area contributed by atoms with E-state index < -0.39 is 23.1 Å². The number of halogens is 4. The van der Waals surface area contributed by atoms with E-state index in [1.807, 2.05) is 0 Å². The number of nitrogens with zero attached hydrogens (tertiary/aromatic N) is 1. The van der Waals surface area contributed by atoms with Crippen molar-refractivity contribution in [3.63, 3.8) is 0 Å². The van der Waals surface area contributed by atoms with Crippen molar-refractivity contribution in [1.82, 2.24) is 0 Å². The number of hydrogen-bond acceptors (Lipinski definition) is 3. The Morgan fingerprint density at radius 1 is 1.29 bits per heavy atom. The second-order valence-electron chi connectivity index (χ2n) is 5.10. The van der Waals surface area contributed by atoms with Gasteiger partial charge >= 0.3 is 6.18 Å². The smallest absolute Gasteiger partial charge is 0.376 e. The van der Waals surface area contributed by atoms with E-state index >= 15 is 0 Å². The normalized spacial score (nSPS) is 22.9. The van der Waals surface area contributed by atoms with Crippen LogP contribution in [0, 0.1) is 16.0 Å². The van der Waals surface area contributed by atoms with Gasteiger partial charge in [-0.15, -0.1) is 0 Å². The Labute approximate surface area is 124 Å². The largest absolute Gasteiger partial charge is 0.393 e.